The van der Waals surface area contributed by atoms with E-state index in [2.05, 4.69) is 43.2 Å². The first-order valence-electron chi connectivity index (χ1n) is 15.7. The molecule has 4 atom stereocenters. The Morgan fingerprint density at radius 3 is 2.70 bits per heavy atom. The van der Waals surface area contributed by atoms with Crippen molar-refractivity contribution in [3.05, 3.63) is 47.7 Å². The molecule has 8 rings (SSSR count). The molecule has 8 nitrogen and oxygen atoms in total. The van der Waals surface area contributed by atoms with Crippen LogP contribution in [0.1, 0.15) is 37.7 Å². The number of hydrogen-bond donors (Lipinski definition) is 2. The van der Waals surface area contributed by atoms with Gasteiger partial charge in [-0.15, -0.1) is 19.1 Å². The van der Waals surface area contributed by atoms with Crippen LogP contribution in [0.5, 0.6) is 11.8 Å². The third kappa shape index (κ3) is 4.95. The number of pyridine rings is 1. The number of aromatic nitrogens is 3. The number of anilines is 1. The first-order chi connectivity index (χ1) is 22.7. The number of rotatable bonds is 5. The highest BCUT2D eigenvalue weighted by Gasteiger charge is 2.49. The summed E-state index contributed by atoms with van der Waals surface area (Å²) in [5.41, 5.74) is -0.588. The number of fused-ring (bicyclic) bond motifs is 5. The van der Waals surface area contributed by atoms with Gasteiger partial charge in [0, 0.05) is 55.3 Å². The minimum Gasteiger partial charge on any atom is -0.508 e. The zero-order valence-electron chi connectivity index (χ0n) is 25.3. The molecule has 2 aromatic heterocycles. The smallest absolute Gasteiger partial charge is 0.319 e. The number of terminal acetylenes is 1. The summed E-state index contributed by atoms with van der Waals surface area (Å²) < 4.78 is 53.0. The fourth-order valence-electron chi connectivity index (χ4n) is 8.30. The van der Waals surface area contributed by atoms with Crippen LogP contribution in [0.25, 0.3) is 32.9 Å². The zero-order valence-corrected chi connectivity index (χ0v) is 27.0. The summed E-state index contributed by atoms with van der Waals surface area (Å²) >= 11 is 9.88. The minimum atomic E-state index is -0.933. The molecule has 0 amide bonds. The number of thiocarbonyl (C=S) groups is 1. The van der Waals surface area contributed by atoms with Crippen molar-refractivity contribution in [2.45, 2.75) is 55.9 Å². The fourth-order valence-corrected chi connectivity index (χ4v) is 8.93. The molecule has 47 heavy (non-hydrogen) atoms. The second kappa shape index (κ2) is 11.4. The van der Waals surface area contributed by atoms with Gasteiger partial charge in [-0.25, -0.2) is 13.2 Å². The predicted molar refractivity (Wildman–Crippen MR) is 181 cm³/mol. The van der Waals surface area contributed by atoms with Crippen molar-refractivity contribution in [2.75, 3.05) is 37.7 Å². The SMILES string of the molecule is C#Cc1c(F)ccc2cc(O)cc(-c3ncc4c(N5CC6CCC(C5)N6C(=S)S)nc(OC[C@@]56CCCN5C[C@H](F)C6)nc4c3F)c12. The quantitative estimate of drug-likeness (QED) is 0.159. The lowest BCUT2D eigenvalue weighted by atomic mass is 9.95. The largest absolute Gasteiger partial charge is 0.508 e. The Morgan fingerprint density at radius 2 is 1.96 bits per heavy atom. The monoisotopic (exact) mass is 676 g/mol. The average molecular weight is 677 g/mol. The van der Waals surface area contributed by atoms with E-state index in [0.29, 0.717) is 47.0 Å². The molecule has 4 saturated heterocycles. The summed E-state index contributed by atoms with van der Waals surface area (Å²) in [5.74, 6) is 1.24. The molecule has 6 heterocycles. The number of halogens is 3. The normalized spacial score (nSPS) is 25.5. The predicted octanol–water partition coefficient (Wildman–Crippen LogP) is 5.63. The van der Waals surface area contributed by atoms with Crippen LogP contribution < -0.4 is 9.64 Å². The van der Waals surface area contributed by atoms with Gasteiger partial charge < -0.3 is 19.6 Å². The minimum absolute atomic E-state index is 0.0253. The number of nitrogens with zero attached hydrogens (tertiary/aromatic N) is 6. The van der Waals surface area contributed by atoms with Gasteiger partial charge in [0.15, 0.2) is 5.82 Å². The summed E-state index contributed by atoms with van der Waals surface area (Å²) in [6, 6.07) is 5.65. The molecule has 4 aromatic rings. The van der Waals surface area contributed by atoms with Crippen LogP contribution in [-0.4, -0.2) is 90.8 Å². The van der Waals surface area contributed by atoms with E-state index >= 15 is 4.39 Å². The van der Waals surface area contributed by atoms with Gasteiger partial charge in [0.2, 0.25) is 0 Å². The molecule has 0 radical (unpaired) electrons. The molecule has 242 valence electrons. The van der Waals surface area contributed by atoms with Crippen LogP contribution in [0.3, 0.4) is 0 Å². The second-order valence-electron chi connectivity index (χ2n) is 13.0. The van der Waals surface area contributed by atoms with E-state index in [0.717, 1.165) is 32.2 Å². The van der Waals surface area contributed by atoms with Crippen molar-refractivity contribution in [1.29, 1.82) is 0 Å². The van der Waals surface area contributed by atoms with Crippen molar-refractivity contribution in [2.24, 2.45) is 0 Å². The fraction of sp³-hybridized carbons (Fsp3) is 0.412. The molecule has 4 aliphatic rings. The number of benzene rings is 2. The second-order valence-corrected chi connectivity index (χ2v) is 14.1. The van der Waals surface area contributed by atoms with Gasteiger partial charge in [0.05, 0.1) is 16.5 Å². The molecular formula is C34H31F3N6O2S2. The molecule has 4 aliphatic heterocycles. The molecule has 2 unspecified atom stereocenters. The zero-order chi connectivity index (χ0) is 32.6. The highest BCUT2D eigenvalue weighted by atomic mass is 32.1. The van der Waals surface area contributed by atoms with Gasteiger partial charge in [0.25, 0.3) is 0 Å². The van der Waals surface area contributed by atoms with Crippen molar-refractivity contribution < 1.29 is 23.0 Å². The third-order valence-corrected chi connectivity index (χ3v) is 10.8. The van der Waals surface area contributed by atoms with Gasteiger partial charge in [-0.1, -0.05) is 24.2 Å². The number of hydrogen-bond acceptors (Lipinski definition) is 8. The molecule has 0 spiro atoms. The van der Waals surface area contributed by atoms with E-state index in [-0.39, 0.29) is 58.2 Å². The molecule has 2 aromatic carbocycles. The molecule has 4 fully saturated rings. The summed E-state index contributed by atoms with van der Waals surface area (Å²) in [6.45, 7) is 2.50. The summed E-state index contributed by atoms with van der Waals surface area (Å²) in [4.78, 5) is 20.3. The lowest BCUT2D eigenvalue weighted by Gasteiger charge is -2.42. The van der Waals surface area contributed by atoms with E-state index in [4.69, 9.17) is 28.4 Å². The van der Waals surface area contributed by atoms with Crippen LogP contribution >= 0.6 is 24.8 Å². The Bertz CT molecular complexity index is 2000. The number of thiol groups is 1. The number of aromatic hydroxyl groups is 1. The van der Waals surface area contributed by atoms with Crippen molar-refractivity contribution in [1.82, 2.24) is 24.8 Å². The average Bonchev–Trinajstić information content (AvgIpc) is 3.66. The number of ether oxygens (including phenoxy) is 1. The van der Waals surface area contributed by atoms with E-state index in [1.54, 1.807) is 0 Å². The van der Waals surface area contributed by atoms with Crippen molar-refractivity contribution >= 4 is 56.7 Å². The molecule has 0 aliphatic carbocycles. The first kappa shape index (κ1) is 30.5. The number of phenolic OH excluding ortho intramolecular Hbond substituents is 1. The van der Waals surface area contributed by atoms with E-state index < -0.39 is 23.3 Å². The summed E-state index contributed by atoms with van der Waals surface area (Å²) in [5, 5.41) is 11.6. The van der Waals surface area contributed by atoms with E-state index in [1.807, 2.05) is 0 Å². The molecule has 1 N–H and O–H groups in total. The Morgan fingerprint density at radius 1 is 1.17 bits per heavy atom. The maximum atomic E-state index is 16.9. The van der Waals surface area contributed by atoms with Gasteiger partial charge in [0.1, 0.15) is 45.7 Å². The Labute approximate surface area is 280 Å². The molecule has 2 bridgehead atoms. The molecule has 0 saturated carbocycles. The Hall–Kier alpha value is -3.86. The lowest BCUT2D eigenvalue weighted by molar-refractivity contribution is 0.107. The van der Waals surface area contributed by atoms with Crippen LogP contribution in [0, 0.1) is 24.0 Å². The Balaban J connectivity index is 1.27. The standard InChI is InChI=1S/C34H31F3N6O2S2/c1-2-23-26(36)7-4-18-10-22(44)11-24(27(18)23)29-28(37)30-25(13-38-29)31(41-15-20-5-6-21(16-41)43(20)33(46)47)40-32(39-30)45-17-34-8-3-9-42(34)14-19(35)12-34/h1,4,7,10-11,13,19-21,44H,3,5-6,8-9,12,14-17H2,(H,46,47)/t19-,20?,21?,34+/m1/s1. The van der Waals surface area contributed by atoms with Gasteiger partial charge in [-0.3, -0.25) is 9.88 Å². The van der Waals surface area contributed by atoms with Crippen LogP contribution in [0.2, 0.25) is 0 Å². The lowest BCUT2D eigenvalue weighted by Crippen LogP contribution is -2.54. The molecular weight excluding hydrogens is 646 g/mol. The summed E-state index contributed by atoms with van der Waals surface area (Å²) in [7, 11) is 0. The highest BCUT2D eigenvalue weighted by Crippen LogP contribution is 2.42. The number of alkyl halides is 1. The number of piperazine rings is 1. The molecule has 13 heteroatoms. The third-order valence-electron chi connectivity index (χ3n) is 10.3. The number of phenols is 1. The van der Waals surface area contributed by atoms with Crippen LogP contribution in [0.15, 0.2) is 30.5 Å². The Kier molecular flexibility index (Phi) is 7.38. The van der Waals surface area contributed by atoms with E-state index in [1.165, 1.54) is 30.5 Å². The summed E-state index contributed by atoms with van der Waals surface area (Å²) in [6.07, 6.45) is 10.2. The first-order valence-corrected chi connectivity index (χ1v) is 16.6. The maximum absolute atomic E-state index is 16.9. The topological polar surface area (TPSA) is 77.9 Å². The highest BCUT2D eigenvalue weighted by molar-refractivity contribution is 8.10. The van der Waals surface area contributed by atoms with Gasteiger partial charge in [-0.2, -0.15) is 9.97 Å². The van der Waals surface area contributed by atoms with E-state index in [9.17, 15) is 13.9 Å². The van der Waals surface area contributed by atoms with Crippen LogP contribution in [0.4, 0.5) is 19.0 Å². The maximum Gasteiger partial charge on any atom is 0.319 e. The van der Waals surface area contributed by atoms with Crippen molar-refractivity contribution in [3.8, 4) is 35.4 Å². The van der Waals surface area contributed by atoms with Crippen molar-refractivity contribution in [3.63, 3.8) is 0 Å². The van der Waals surface area contributed by atoms with Crippen LogP contribution in [-0.2, 0) is 0 Å². The van der Waals surface area contributed by atoms with Gasteiger partial charge >= 0.3 is 6.01 Å². The van der Waals surface area contributed by atoms with Gasteiger partial charge in [-0.05, 0) is 55.8 Å².